The van der Waals surface area contributed by atoms with E-state index >= 15 is 0 Å². The van der Waals surface area contributed by atoms with E-state index in [1.165, 1.54) is 0 Å². The zero-order valence-electron chi connectivity index (χ0n) is 13.8. The summed E-state index contributed by atoms with van der Waals surface area (Å²) in [7, 11) is 0. The van der Waals surface area contributed by atoms with Gasteiger partial charge in [0, 0.05) is 22.7 Å². The molecule has 0 aliphatic heterocycles. The van der Waals surface area contributed by atoms with E-state index in [0.29, 0.717) is 5.02 Å². The Morgan fingerprint density at radius 3 is 2.58 bits per heavy atom. The number of rotatable bonds is 4. The summed E-state index contributed by atoms with van der Waals surface area (Å²) in [6.45, 7) is 0. The summed E-state index contributed by atoms with van der Waals surface area (Å²) in [6, 6.07) is 15.4. The summed E-state index contributed by atoms with van der Waals surface area (Å²) in [5.41, 5.74) is 2.80. The van der Waals surface area contributed by atoms with Crippen LogP contribution < -0.4 is 0 Å². The molecule has 0 amide bonds. The second kappa shape index (κ2) is 7.32. The Hall–Kier alpha value is -1.99. The summed E-state index contributed by atoms with van der Waals surface area (Å²) in [5.74, 6) is 0. The number of hydrogen-bond donors (Lipinski definition) is 1. The molecule has 1 N–H and O–H groups in total. The van der Waals surface area contributed by atoms with Crippen LogP contribution in [0.3, 0.4) is 0 Å². The molecular weight excluding hydrogens is 386 g/mol. The van der Waals surface area contributed by atoms with Crippen molar-refractivity contribution in [1.29, 1.82) is 0 Å². The number of benzene rings is 1. The molecule has 1 atom stereocenters. The van der Waals surface area contributed by atoms with E-state index in [1.807, 2.05) is 48.5 Å². The highest BCUT2D eigenvalue weighted by Crippen LogP contribution is 2.40. The maximum atomic E-state index is 11.6. The minimum absolute atomic E-state index is 0.610. The zero-order chi connectivity index (χ0) is 18.1. The number of nitrogens with one attached hydrogen (secondary N) is 1. The summed E-state index contributed by atoms with van der Waals surface area (Å²) in [6.07, 6.45) is 5.08. The first-order valence-corrected chi connectivity index (χ1v) is 10.6. The van der Waals surface area contributed by atoms with E-state index in [0.717, 1.165) is 37.1 Å². The molecule has 4 aromatic rings. The number of hydrogen-bond acceptors (Lipinski definition) is 4. The van der Waals surface area contributed by atoms with Crippen LogP contribution >= 0.6 is 23.4 Å². The van der Waals surface area contributed by atoms with E-state index in [-0.39, 0.29) is 0 Å². The molecule has 0 bridgehead atoms. The number of H-pyrrole nitrogens is 1. The fraction of sp³-hybridized carbons (Fsp3) is 0.0526. The van der Waals surface area contributed by atoms with Crippen molar-refractivity contribution in [2.75, 3.05) is 6.26 Å². The first-order chi connectivity index (χ1) is 12.6. The van der Waals surface area contributed by atoms with Crippen LogP contribution in [0.1, 0.15) is 0 Å². The summed E-state index contributed by atoms with van der Waals surface area (Å²) < 4.78 is 11.6. The predicted molar refractivity (Wildman–Crippen MR) is 107 cm³/mol. The topological polar surface area (TPSA) is 64.6 Å². The molecule has 0 radical (unpaired) electrons. The molecule has 0 aliphatic rings. The Kier molecular flexibility index (Phi) is 4.91. The Labute approximate surface area is 163 Å². The Morgan fingerprint density at radius 1 is 1.08 bits per heavy atom. The second-order valence-corrected chi connectivity index (χ2v) is 8.47. The lowest BCUT2D eigenvalue weighted by molar-refractivity contribution is 0.601. The number of aromatic amines is 1. The molecule has 26 heavy (non-hydrogen) atoms. The van der Waals surface area contributed by atoms with Crippen LogP contribution in [0.25, 0.3) is 22.3 Å². The summed E-state index contributed by atoms with van der Waals surface area (Å²) in [5, 5.41) is 2.50. The molecule has 0 spiro atoms. The number of aromatic nitrogens is 3. The molecule has 0 aliphatic carbocycles. The Balaban J connectivity index is 1.82. The lowest BCUT2D eigenvalue weighted by atomic mass is 10.1. The van der Waals surface area contributed by atoms with Crippen LogP contribution in [0.15, 0.2) is 75.7 Å². The largest absolute Gasteiger partial charge is 0.612 e. The van der Waals surface area contributed by atoms with Gasteiger partial charge in [-0.25, -0.2) is 9.97 Å². The van der Waals surface area contributed by atoms with E-state index in [4.69, 9.17) is 11.6 Å². The lowest BCUT2D eigenvalue weighted by Gasteiger charge is -2.07. The van der Waals surface area contributed by atoms with Gasteiger partial charge in [-0.15, -0.1) is 0 Å². The molecule has 4 nitrogen and oxygen atoms in total. The third-order valence-corrected chi connectivity index (χ3v) is 6.14. The molecule has 7 heteroatoms. The summed E-state index contributed by atoms with van der Waals surface area (Å²) in [4.78, 5) is 14.1. The van der Waals surface area contributed by atoms with Crippen molar-refractivity contribution in [2.24, 2.45) is 0 Å². The molecule has 0 saturated heterocycles. The predicted octanol–water partition coefficient (Wildman–Crippen LogP) is 5.17. The first kappa shape index (κ1) is 17.4. The highest BCUT2D eigenvalue weighted by Gasteiger charge is 2.16. The minimum Gasteiger partial charge on any atom is -0.612 e. The first-order valence-electron chi connectivity index (χ1n) is 7.82. The van der Waals surface area contributed by atoms with Gasteiger partial charge in [0.2, 0.25) is 0 Å². The van der Waals surface area contributed by atoms with Gasteiger partial charge < -0.3 is 9.54 Å². The molecule has 3 aromatic heterocycles. The molecule has 1 aromatic carbocycles. The monoisotopic (exact) mass is 399 g/mol. The quantitative estimate of drug-likeness (QED) is 0.481. The van der Waals surface area contributed by atoms with Crippen LogP contribution in [-0.4, -0.2) is 25.8 Å². The van der Waals surface area contributed by atoms with Crippen molar-refractivity contribution in [3.63, 3.8) is 0 Å². The molecule has 130 valence electrons. The zero-order valence-corrected chi connectivity index (χ0v) is 16.2. The van der Waals surface area contributed by atoms with E-state index < -0.39 is 11.2 Å². The van der Waals surface area contributed by atoms with Crippen molar-refractivity contribution in [2.45, 2.75) is 14.8 Å². The van der Waals surface area contributed by atoms with Crippen LogP contribution in [0, 0.1) is 0 Å². The van der Waals surface area contributed by atoms with Gasteiger partial charge in [0.25, 0.3) is 0 Å². The normalized spacial score (nSPS) is 12.4. The van der Waals surface area contributed by atoms with Gasteiger partial charge in [-0.05, 0) is 65.3 Å². The van der Waals surface area contributed by atoms with Gasteiger partial charge in [0.15, 0.2) is 4.90 Å². The van der Waals surface area contributed by atoms with Crippen molar-refractivity contribution < 1.29 is 4.55 Å². The molecule has 0 saturated carbocycles. The SMILES string of the molecule is C[S+]([O-])c1ccc(-c2[nH]c3ncccc3c2Sc2ccc(Cl)cn2)cc1. The maximum absolute atomic E-state index is 11.6. The van der Waals surface area contributed by atoms with E-state index in [1.54, 1.807) is 30.4 Å². The Morgan fingerprint density at radius 2 is 1.88 bits per heavy atom. The van der Waals surface area contributed by atoms with Gasteiger partial charge in [-0.2, -0.15) is 0 Å². The lowest BCUT2D eigenvalue weighted by Crippen LogP contribution is -1.96. The van der Waals surface area contributed by atoms with Crippen molar-refractivity contribution in [3.05, 3.63) is 65.9 Å². The number of fused-ring (bicyclic) bond motifs is 1. The van der Waals surface area contributed by atoms with Gasteiger partial charge in [0.1, 0.15) is 16.9 Å². The third kappa shape index (κ3) is 3.46. The fourth-order valence-corrected chi connectivity index (χ4v) is 4.28. The molecule has 4 rings (SSSR count). The smallest absolute Gasteiger partial charge is 0.152 e. The van der Waals surface area contributed by atoms with Crippen LogP contribution in [0.2, 0.25) is 5.02 Å². The maximum Gasteiger partial charge on any atom is 0.152 e. The van der Waals surface area contributed by atoms with Crippen LogP contribution in [0.4, 0.5) is 0 Å². The van der Waals surface area contributed by atoms with Crippen molar-refractivity contribution in [3.8, 4) is 11.3 Å². The number of nitrogens with zero attached hydrogens (tertiary/aromatic N) is 2. The van der Waals surface area contributed by atoms with Gasteiger partial charge in [-0.3, -0.25) is 0 Å². The van der Waals surface area contributed by atoms with Gasteiger partial charge >= 0.3 is 0 Å². The van der Waals surface area contributed by atoms with E-state index in [9.17, 15) is 4.55 Å². The molecular formula is C19H14ClN3OS2. The van der Waals surface area contributed by atoms with Crippen molar-refractivity contribution >= 4 is 45.6 Å². The molecule has 1 unspecified atom stereocenters. The standard InChI is InChI=1S/C19H14ClN3OS2/c1-26(24)14-7-4-12(5-8-14)17-18(15-3-2-10-21-19(15)23-17)25-16-9-6-13(20)11-22-16/h2-11H,1H3,(H,21,23). The number of halogens is 1. The van der Waals surface area contributed by atoms with E-state index in [2.05, 4.69) is 15.0 Å². The summed E-state index contributed by atoms with van der Waals surface area (Å²) >= 11 is 6.51. The highest BCUT2D eigenvalue weighted by molar-refractivity contribution is 7.99. The van der Waals surface area contributed by atoms with Crippen molar-refractivity contribution in [1.82, 2.24) is 15.0 Å². The minimum atomic E-state index is -0.998. The average Bonchev–Trinajstić information content (AvgIpc) is 3.02. The Bertz CT molecular complexity index is 1050. The van der Waals surface area contributed by atoms with Crippen LogP contribution in [-0.2, 0) is 11.2 Å². The number of pyridine rings is 2. The second-order valence-electron chi connectivity index (χ2n) is 5.62. The molecule has 0 fully saturated rings. The third-order valence-electron chi connectivity index (χ3n) is 3.90. The van der Waals surface area contributed by atoms with Crippen LogP contribution in [0.5, 0.6) is 0 Å². The van der Waals surface area contributed by atoms with Gasteiger partial charge in [-0.1, -0.05) is 23.4 Å². The highest BCUT2D eigenvalue weighted by atomic mass is 35.5. The average molecular weight is 400 g/mol. The molecule has 3 heterocycles. The fourth-order valence-electron chi connectivity index (χ4n) is 2.65. The van der Waals surface area contributed by atoms with Gasteiger partial charge in [0.05, 0.1) is 10.7 Å².